The highest BCUT2D eigenvalue weighted by atomic mass is 28.5. The zero-order valence-corrected chi connectivity index (χ0v) is 17.2. The first-order valence-corrected chi connectivity index (χ1v) is 18.3. The summed E-state index contributed by atoms with van der Waals surface area (Å²) in [5, 5.41) is 0. The highest BCUT2D eigenvalue weighted by Gasteiger charge is 2.50. The van der Waals surface area contributed by atoms with Gasteiger partial charge in [0.2, 0.25) is 0 Å². The van der Waals surface area contributed by atoms with Crippen molar-refractivity contribution >= 4 is 39.7 Å². The Morgan fingerprint density at radius 3 is 0.944 bits per heavy atom. The zero-order valence-electron chi connectivity index (χ0n) is 13.2. The fraction of sp³-hybridized carbons (Fsp3) is 0.900. The van der Waals surface area contributed by atoms with Crippen LogP contribution in [-0.2, 0) is 17.1 Å². The van der Waals surface area contributed by atoms with Crippen LogP contribution in [0.3, 0.4) is 0 Å². The average Bonchev–Trinajstić information content (AvgIpc) is 1.93. The van der Waals surface area contributed by atoms with E-state index in [0.717, 1.165) is 5.91 Å². The van der Waals surface area contributed by atoms with Crippen LogP contribution in [0.5, 0.6) is 0 Å². The molecule has 0 radical (unpaired) electrons. The molecule has 4 nitrogen and oxygen atoms in total. The van der Waals surface area contributed by atoms with Crippen LogP contribution in [-0.4, -0.2) is 39.7 Å². The second-order valence-corrected chi connectivity index (χ2v) is 23.9. The van der Waals surface area contributed by atoms with Gasteiger partial charge in [-0.2, -0.15) is 0 Å². The van der Waals surface area contributed by atoms with E-state index in [1.807, 2.05) is 0 Å². The Hall–Kier alpha value is 0.418. The third-order valence-corrected chi connectivity index (χ3v) is 12.5. The van der Waals surface area contributed by atoms with Crippen molar-refractivity contribution in [3.8, 4) is 0 Å². The van der Waals surface area contributed by atoms with Crippen molar-refractivity contribution in [3.63, 3.8) is 0 Å². The Balaban J connectivity index is 5.27. The van der Waals surface area contributed by atoms with Crippen molar-refractivity contribution in [1.29, 1.82) is 0 Å². The molecule has 0 rings (SSSR count). The molecule has 0 unspecified atom stereocenters. The summed E-state index contributed by atoms with van der Waals surface area (Å²) in [6.07, 6.45) is 0. The predicted octanol–water partition coefficient (Wildman–Crippen LogP) is 3.25. The Bertz CT molecular complexity index is 247. The molecule has 0 aromatic rings. The number of carbonyl (C=O) groups excluding carboxylic acids is 1. The minimum atomic E-state index is -3.17. The lowest BCUT2D eigenvalue weighted by molar-refractivity contribution is 0.274. The van der Waals surface area contributed by atoms with Crippen LogP contribution >= 0.6 is 0 Å². The molecule has 0 aromatic carbocycles. The minimum Gasteiger partial charge on any atom is -0.412 e. The molecule has 0 N–H and O–H groups in total. The third kappa shape index (κ3) is 8.51. The first kappa shape index (κ1) is 18.4. The number of rotatable bonds is 7. The smallest absolute Gasteiger partial charge is 0.412 e. The Labute approximate surface area is 116 Å². The van der Waals surface area contributed by atoms with Gasteiger partial charge in [0.25, 0.3) is 0 Å². The van der Waals surface area contributed by atoms with E-state index in [0.29, 0.717) is 0 Å². The fourth-order valence-corrected chi connectivity index (χ4v) is 13.9. The molecule has 18 heavy (non-hydrogen) atoms. The number of carbonyl (C=O) groups is 1. The number of hydrogen-bond acceptors (Lipinski definition) is 4. The molecule has 0 spiro atoms. The maximum atomic E-state index is 11.6. The van der Waals surface area contributed by atoms with Crippen LogP contribution in [0.1, 0.15) is 0 Å². The Kier molecular flexibility index (Phi) is 5.95. The first-order valence-electron chi connectivity index (χ1n) is 6.25. The molecule has 0 saturated heterocycles. The third-order valence-electron chi connectivity index (χ3n) is 1.49. The summed E-state index contributed by atoms with van der Waals surface area (Å²) >= 11 is 0. The van der Waals surface area contributed by atoms with Crippen molar-refractivity contribution in [2.45, 2.75) is 58.9 Å². The quantitative estimate of drug-likeness (QED) is 0.532. The summed E-state index contributed by atoms with van der Waals surface area (Å²) in [6.45, 7) is 18.5. The first-order chi connectivity index (χ1) is 7.68. The highest BCUT2D eigenvalue weighted by Crippen LogP contribution is 2.23. The molecule has 0 aliphatic heterocycles. The largest absolute Gasteiger partial charge is 0.539 e. The van der Waals surface area contributed by atoms with Crippen LogP contribution in [0.15, 0.2) is 0 Å². The maximum Gasteiger partial charge on any atom is 0.539 e. The van der Waals surface area contributed by atoms with Gasteiger partial charge in [0, 0.05) is 0 Å². The van der Waals surface area contributed by atoms with Crippen molar-refractivity contribution in [1.82, 2.24) is 0 Å². The van der Waals surface area contributed by atoms with Gasteiger partial charge in [0.15, 0.2) is 30.9 Å². The lowest BCUT2D eigenvalue weighted by atomic mass is 11.8. The van der Waals surface area contributed by atoms with Crippen molar-refractivity contribution in [2.75, 3.05) is 0 Å². The summed E-state index contributed by atoms with van der Waals surface area (Å²) in [6, 6.07) is 0. The fourth-order valence-electron chi connectivity index (χ4n) is 1.41. The molecule has 0 aromatic heterocycles. The Morgan fingerprint density at radius 2 is 0.833 bits per heavy atom. The van der Waals surface area contributed by atoms with E-state index in [2.05, 4.69) is 58.9 Å². The molecule has 0 saturated carbocycles. The molecule has 0 heterocycles. The summed E-state index contributed by atoms with van der Waals surface area (Å²) in [5.41, 5.74) is 0. The summed E-state index contributed by atoms with van der Waals surface area (Å²) in [4.78, 5) is 11.6. The molecule has 0 aliphatic carbocycles. The maximum absolute atomic E-state index is 11.6. The van der Waals surface area contributed by atoms with Gasteiger partial charge in [-0.25, -0.2) is 0 Å². The van der Waals surface area contributed by atoms with Crippen LogP contribution in [0, 0.1) is 0 Å². The molecular weight excluding hydrogens is 296 g/mol. The van der Waals surface area contributed by atoms with Gasteiger partial charge in [0.05, 0.1) is 0 Å². The summed E-state index contributed by atoms with van der Waals surface area (Å²) in [5.74, 6) is 0.821. The van der Waals surface area contributed by atoms with E-state index in [1.54, 1.807) is 0 Å². The second-order valence-electron chi connectivity index (χ2n) is 7.36. The average molecular weight is 325 g/mol. The van der Waals surface area contributed by atoms with Gasteiger partial charge < -0.3 is 17.1 Å². The van der Waals surface area contributed by atoms with Crippen molar-refractivity contribution in [2.24, 2.45) is 0 Å². The van der Waals surface area contributed by atoms with Gasteiger partial charge in [-0.1, -0.05) is 0 Å². The number of hydrogen-bond donors (Lipinski definition) is 0. The van der Waals surface area contributed by atoms with Gasteiger partial charge in [-0.3, -0.25) is 0 Å². The molecule has 0 atom stereocenters. The standard InChI is InChI=1S/C10H28O4Si4/c1-15(2,3)12-18(10-11,13-16(4,5)6)14-17(7,8)9/h10H,1-9H3. The van der Waals surface area contributed by atoms with Gasteiger partial charge in [-0.15, -0.1) is 0 Å². The SMILES string of the molecule is C[Si](C)(C)O[Si](C=O)(O[Si](C)(C)C)O[Si](C)(C)C. The van der Waals surface area contributed by atoms with E-state index >= 15 is 0 Å². The minimum absolute atomic E-state index is 0.821. The van der Waals surface area contributed by atoms with Gasteiger partial charge in [0.1, 0.15) is 0 Å². The van der Waals surface area contributed by atoms with E-state index < -0.39 is 33.8 Å². The molecule has 108 valence electrons. The molecule has 0 aliphatic rings. The predicted molar refractivity (Wildman–Crippen MR) is 85.8 cm³/mol. The van der Waals surface area contributed by atoms with Crippen molar-refractivity contribution in [3.05, 3.63) is 0 Å². The molecule has 0 bridgehead atoms. The van der Waals surface area contributed by atoms with Crippen LogP contribution in [0.25, 0.3) is 0 Å². The topological polar surface area (TPSA) is 44.8 Å². The summed E-state index contributed by atoms with van der Waals surface area (Å²) in [7, 11) is -8.84. The Morgan fingerprint density at radius 1 is 0.611 bits per heavy atom. The molecule has 0 amide bonds. The van der Waals surface area contributed by atoms with E-state index in [1.165, 1.54) is 0 Å². The van der Waals surface area contributed by atoms with E-state index in [4.69, 9.17) is 12.3 Å². The summed E-state index contributed by atoms with van der Waals surface area (Å²) < 4.78 is 18.2. The lowest BCUT2D eigenvalue weighted by Gasteiger charge is -2.39. The second kappa shape index (κ2) is 5.81. The van der Waals surface area contributed by atoms with Crippen molar-refractivity contribution < 1.29 is 17.1 Å². The van der Waals surface area contributed by atoms with E-state index in [-0.39, 0.29) is 0 Å². The van der Waals surface area contributed by atoms with E-state index in [9.17, 15) is 4.79 Å². The van der Waals surface area contributed by atoms with Gasteiger partial charge in [-0.05, 0) is 58.9 Å². The molecule has 8 heteroatoms. The normalized spacial score (nSPS) is 14.7. The zero-order chi connectivity index (χ0) is 14.8. The lowest BCUT2D eigenvalue weighted by Crippen LogP contribution is -2.61. The van der Waals surface area contributed by atoms with Crippen LogP contribution in [0.4, 0.5) is 0 Å². The van der Waals surface area contributed by atoms with Gasteiger partial charge >= 0.3 is 8.80 Å². The molecular formula is C10H28O4Si4. The highest BCUT2D eigenvalue weighted by molar-refractivity contribution is 7.01. The monoisotopic (exact) mass is 324 g/mol. The van der Waals surface area contributed by atoms with Crippen LogP contribution in [0.2, 0.25) is 58.9 Å². The van der Waals surface area contributed by atoms with Crippen LogP contribution < -0.4 is 0 Å². The molecule has 0 fully saturated rings.